The van der Waals surface area contributed by atoms with Gasteiger partial charge in [0.2, 0.25) is 0 Å². The van der Waals surface area contributed by atoms with Crippen molar-refractivity contribution in [1.29, 1.82) is 0 Å². The zero-order valence-electron chi connectivity index (χ0n) is 7.64. The Morgan fingerprint density at radius 3 is 2.60 bits per heavy atom. The van der Waals surface area contributed by atoms with Crippen molar-refractivity contribution in [2.45, 2.75) is 0 Å². The number of hydrogen-bond acceptors (Lipinski definition) is 4. The molecule has 5 heteroatoms. The predicted octanol–water partition coefficient (Wildman–Crippen LogP) is 1.39. The number of carbonyl (C=O) groups excluding carboxylic acids is 1. The Balaban J connectivity index is 3.30. The first kappa shape index (κ1) is 10.8. The topological polar surface area (TPSA) is 83.8 Å². The van der Waals surface area contributed by atoms with Gasteiger partial charge in [0, 0.05) is 0 Å². The summed E-state index contributed by atoms with van der Waals surface area (Å²) in [6, 6.07) is 3.72. The minimum Gasteiger partial charge on any atom is -0.507 e. The number of benzene rings is 1. The SMILES string of the molecule is C=COC(=O)c1c(O)cccc1C(=O)O. The Morgan fingerprint density at radius 1 is 1.40 bits per heavy atom. The molecule has 78 valence electrons. The second kappa shape index (κ2) is 4.28. The highest BCUT2D eigenvalue weighted by molar-refractivity contribution is 6.04. The number of aromatic hydroxyl groups is 1. The van der Waals surface area contributed by atoms with E-state index in [0.717, 1.165) is 6.26 Å². The number of carboxylic acid groups (broad SMARTS) is 1. The molecule has 0 saturated carbocycles. The number of phenolic OH excluding ortho intramolecular Hbond substituents is 1. The largest absolute Gasteiger partial charge is 0.507 e. The van der Waals surface area contributed by atoms with Gasteiger partial charge >= 0.3 is 11.9 Å². The number of carbonyl (C=O) groups is 2. The van der Waals surface area contributed by atoms with E-state index < -0.39 is 17.7 Å². The molecule has 0 unspecified atom stereocenters. The van der Waals surface area contributed by atoms with Crippen molar-refractivity contribution in [2.75, 3.05) is 0 Å². The zero-order chi connectivity index (χ0) is 11.4. The highest BCUT2D eigenvalue weighted by Gasteiger charge is 2.21. The molecule has 0 atom stereocenters. The van der Waals surface area contributed by atoms with E-state index in [2.05, 4.69) is 11.3 Å². The zero-order valence-corrected chi connectivity index (χ0v) is 7.64. The van der Waals surface area contributed by atoms with Crippen molar-refractivity contribution in [2.24, 2.45) is 0 Å². The van der Waals surface area contributed by atoms with E-state index in [1.54, 1.807) is 0 Å². The fraction of sp³-hybridized carbons (Fsp3) is 0. The van der Waals surface area contributed by atoms with Crippen LogP contribution in [0.2, 0.25) is 0 Å². The molecule has 0 radical (unpaired) electrons. The molecular formula is C10H8O5. The Morgan fingerprint density at radius 2 is 2.07 bits per heavy atom. The lowest BCUT2D eigenvalue weighted by atomic mass is 10.1. The van der Waals surface area contributed by atoms with Gasteiger partial charge in [0.1, 0.15) is 11.3 Å². The number of phenols is 1. The number of aromatic carboxylic acids is 1. The van der Waals surface area contributed by atoms with Crippen LogP contribution < -0.4 is 0 Å². The molecule has 0 amide bonds. The summed E-state index contributed by atoms with van der Waals surface area (Å²) in [6.45, 7) is 3.16. The molecule has 0 heterocycles. The predicted molar refractivity (Wildman–Crippen MR) is 50.7 cm³/mol. The average Bonchev–Trinajstić information content (AvgIpc) is 2.17. The first-order valence-electron chi connectivity index (χ1n) is 3.95. The van der Waals surface area contributed by atoms with E-state index in [1.807, 2.05) is 0 Å². The molecule has 0 aliphatic heterocycles. The van der Waals surface area contributed by atoms with E-state index in [1.165, 1.54) is 18.2 Å². The minimum absolute atomic E-state index is 0.318. The molecule has 2 N–H and O–H groups in total. The Labute approximate surface area is 85.2 Å². The summed E-state index contributed by atoms with van der Waals surface area (Å²) in [5.41, 5.74) is -0.702. The highest BCUT2D eigenvalue weighted by Crippen LogP contribution is 2.22. The number of carboxylic acids is 1. The van der Waals surface area contributed by atoms with Crippen LogP contribution in [-0.2, 0) is 4.74 Å². The summed E-state index contributed by atoms with van der Waals surface area (Å²) < 4.78 is 4.40. The lowest BCUT2D eigenvalue weighted by Crippen LogP contribution is -2.09. The smallest absolute Gasteiger partial charge is 0.347 e. The molecule has 1 aromatic rings. The molecule has 0 bridgehead atoms. The summed E-state index contributed by atoms with van der Waals surface area (Å²) in [5.74, 6) is -2.72. The van der Waals surface area contributed by atoms with E-state index in [0.29, 0.717) is 0 Å². The van der Waals surface area contributed by atoms with Crippen LogP contribution in [0, 0.1) is 0 Å². The molecular weight excluding hydrogens is 200 g/mol. The van der Waals surface area contributed by atoms with E-state index >= 15 is 0 Å². The monoisotopic (exact) mass is 208 g/mol. The summed E-state index contributed by atoms with van der Waals surface area (Å²) in [4.78, 5) is 22.0. The van der Waals surface area contributed by atoms with Gasteiger partial charge in [0.15, 0.2) is 0 Å². The molecule has 1 rings (SSSR count). The van der Waals surface area contributed by atoms with Crippen molar-refractivity contribution in [1.82, 2.24) is 0 Å². The Kier molecular flexibility index (Phi) is 3.07. The van der Waals surface area contributed by atoms with Gasteiger partial charge in [-0.2, -0.15) is 0 Å². The number of esters is 1. The second-order valence-corrected chi connectivity index (χ2v) is 2.58. The van der Waals surface area contributed by atoms with Gasteiger partial charge in [-0.3, -0.25) is 0 Å². The fourth-order valence-electron chi connectivity index (χ4n) is 1.07. The minimum atomic E-state index is -1.32. The molecule has 0 fully saturated rings. The number of rotatable bonds is 3. The quantitative estimate of drug-likeness (QED) is 0.579. The third kappa shape index (κ3) is 2.14. The van der Waals surface area contributed by atoms with E-state index in [4.69, 9.17) is 5.11 Å². The van der Waals surface area contributed by atoms with Crippen molar-refractivity contribution >= 4 is 11.9 Å². The van der Waals surface area contributed by atoms with Gasteiger partial charge in [-0.25, -0.2) is 9.59 Å². The van der Waals surface area contributed by atoms with Crippen LogP contribution in [0.3, 0.4) is 0 Å². The van der Waals surface area contributed by atoms with Crippen LogP contribution in [0.5, 0.6) is 5.75 Å². The van der Waals surface area contributed by atoms with E-state index in [9.17, 15) is 14.7 Å². The summed E-state index contributed by atoms with van der Waals surface area (Å²) in [5, 5.41) is 18.1. The standard InChI is InChI=1S/C10H8O5/c1-2-15-10(14)8-6(9(12)13)4-3-5-7(8)11/h2-5,11H,1H2,(H,12,13). The Hall–Kier alpha value is -2.30. The van der Waals surface area contributed by atoms with Crippen molar-refractivity contribution < 1.29 is 24.5 Å². The van der Waals surface area contributed by atoms with E-state index in [-0.39, 0.29) is 11.1 Å². The van der Waals surface area contributed by atoms with Crippen molar-refractivity contribution in [3.63, 3.8) is 0 Å². The van der Waals surface area contributed by atoms with Crippen LogP contribution in [0.25, 0.3) is 0 Å². The first-order chi connectivity index (χ1) is 7.07. The maximum atomic E-state index is 11.3. The molecule has 0 spiro atoms. The maximum absolute atomic E-state index is 11.3. The molecule has 1 aromatic carbocycles. The normalized spacial score (nSPS) is 9.33. The first-order valence-corrected chi connectivity index (χ1v) is 3.95. The number of ether oxygens (including phenoxy) is 1. The average molecular weight is 208 g/mol. The summed E-state index contributed by atoms with van der Waals surface area (Å²) in [6.07, 6.45) is 0.862. The molecule has 0 aliphatic carbocycles. The fourth-order valence-corrected chi connectivity index (χ4v) is 1.07. The highest BCUT2D eigenvalue weighted by atomic mass is 16.5. The summed E-state index contributed by atoms with van der Waals surface area (Å²) in [7, 11) is 0. The van der Waals surface area contributed by atoms with Crippen LogP contribution in [0.15, 0.2) is 31.0 Å². The number of hydrogen-bond donors (Lipinski definition) is 2. The molecule has 15 heavy (non-hydrogen) atoms. The molecule has 0 aliphatic rings. The Bertz CT molecular complexity index is 422. The van der Waals surface area contributed by atoms with Gasteiger partial charge < -0.3 is 14.9 Å². The van der Waals surface area contributed by atoms with Gasteiger partial charge in [-0.15, -0.1) is 0 Å². The lowest BCUT2D eigenvalue weighted by Gasteiger charge is -2.05. The molecule has 0 aromatic heterocycles. The van der Waals surface area contributed by atoms with Crippen LogP contribution >= 0.6 is 0 Å². The maximum Gasteiger partial charge on any atom is 0.347 e. The summed E-state index contributed by atoms with van der Waals surface area (Å²) >= 11 is 0. The van der Waals surface area contributed by atoms with Crippen LogP contribution in [0.4, 0.5) is 0 Å². The van der Waals surface area contributed by atoms with Crippen molar-refractivity contribution in [3.05, 3.63) is 42.2 Å². The van der Waals surface area contributed by atoms with Crippen LogP contribution in [-0.4, -0.2) is 22.2 Å². The van der Waals surface area contributed by atoms with Gasteiger partial charge in [0.25, 0.3) is 0 Å². The lowest BCUT2D eigenvalue weighted by molar-refractivity contribution is 0.0629. The third-order valence-electron chi connectivity index (χ3n) is 1.67. The van der Waals surface area contributed by atoms with Gasteiger partial charge in [-0.1, -0.05) is 12.6 Å². The van der Waals surface area contributed by atoms with Crippen LogP contribution in [0.1, 0.15) is 20.7 Å². The van der Waals surface area contributed by atoms with Gasteiger partial charge in [0.05, 0.1) is 11.8 Å². The molecule has 5 nitrogen and oxygen atoms in total. The molecule has 0 saturated heterocycles. The third-order valence-corrected chi connectivity index (χ3v) is 1.67. The van der Waals surface area contributed by atoms with Crippen molar-refractivity contribution in [3.8, 4) is 5.75 Å². The van der Waals surface area contributed by atoms with Gasteiger partial charge in [-0.05, 0) is 12.1 Å². The second-order valence-electron chi connectivity index (χ2n) is 2.58.